The third kappa shape index (κ3) is 3.97. The van der Waals surface area contributed by atoms with Gasteiger partial charge in [-0.15, -0.1) is 0 Å². The van der Waals surface area contributed by atoms with Crippen LogP contribution in [-0.4, -0.2) is 12.5 Å². The molecular formula is C15H19F3N2O. The van der Waals surface area contributed by atoms with Gasteiger partial charge in [-0.25, -0.2) is 0 Å². The lowest BCUT2D eigenvalue weighted by atomic mass is 9.78. The molecule has 0 bridgehead atoms. The first-order valence-corrected chi connectivity index (χ1v) is 7.10. The van der Waals surface area contributed by atoms with E-state index in [4.69, 9.17) is 5.73 Å². The van der Waals surface area contributed by atoms with Crippen molar-refractivity contribution in [3.05, 3.63) is 29.8 Å². The molecule has 1 amide bonds. The molecule has 1 aliphatic rings. The number of carbonyl (C=O) groups is 1. The smallest absolute Gasteiger partial charge is 0.330 e. The third-order valence-electron chi connectivity index (χ3n) is 4.03. The molecule has 0 aromatic heterocycles. The van der Waals surface area contributed by atoms with Crippen molar-refractivity contribution in [3.8, 4) is 0 Å². The van der Waals surface area contributed by atoms with Crippen LogP contribution in [0.25, 0.3) is 0 Å². The summed E-state index contributed by atoms with van der Waals surface area (Å²) in [4.78, 5) is 12.2. The number of hydrogen-bond acceptors (Lipinski definition) is 2. The summed E-state index contributed by atoms with van der Waals surface area (Å²) >= 11 is 0. The quantitative estimate of drug-likeness (QED) is 0.899. The second-order valence-electron chi connectivity index (χ2n) is 5.45. The molecular weight excluding hydrogens is 281 g/mol. The predicted octanol–water partition coefficient (Wildman–Crippen LogP) is 3.41. The zero-order valence-electron chi connectivity index (χ0n) is 11.6. The molecule has 3 nitrogen and oxygen atoms in total. The lowest BCUT2D eigenvalue weighted by molar-refractivity contribution is -0.137. The molecule has 0 aliphatic heterocycles. The summed E-state index contributed by atoms with van der Waals surface area (Å²) in [7, 11) is 0. The van der Waals surface area contributed by atoms with E-state index in [2.05, 4.69) is 5.32 Å². The van der Waals surface area contributed by atoms with E-state index in [0.29, 0.717) is 12.2 Å². The Kier molecular flexibility index (Phi) is 4.88. The Labute approximate surface area is 121 Å². The number of rotatable bonds is 3. The van der Waals surface area contributed by atoms with Gasteiger partial charge in [0.25, 0.3) is 0 Å². The molecule has 3 N–H and O–H groups in total. The minimum atomic E-state index is -4.36. The van der Waals surface area contributed by atoms with Crippen molar-refractivity contribution in [2.75, 3.05) is 11.9 Å². The van der Waals surface area contributed by atoms with Crippen LogP contribution in [0.2, 0.25) is 0 Å². The van der Waals surface area contributed by atoms with Crippen LogP contribution >= 0.6 is 0 Å². The van der Waals surface area contributed by atoms with Gasteiger partial charge in [0.05, 0.1) is 5.56 Å². The highest BCUT2D eigenvalue weighted by atomic mass is 19.4. The molecule has 0 radical (unpaired) electrons. The molecule has 2 unspecified atom stereocenters. The van der Waals surface area contributed by atoms with E-state index in [1.165, 1.54) is 12.1 Å². The second-order valence-corrected chi connectivity index (χ2v) is 5.45. The van der Waals surface area contributed by atoms with Gasteiger partial charge in [-0.1, -0.05) is 12.8 Å². The number of anilines is 1. The molecule has 116 valence electrons. The van der Waals surface area contributed by atoms with Crippen LogP contribution < -0.4 is 11.1 Å². The Morgan fingerprint density at radius 1 is 1.19 bits per heavy atom. The number of nitrogens with two attached hydrogens (primary N) is 1. The summed E-state index contributed by atoms with van der Waals surface area (Å²) in [5.41, 5.74) is 5.35. The SMILES string of the molecule is NCC1CCCCC1C(=O)Nc1ccc(C(F)(F)F)cc1. The van der Waals surface area contributed by atoms with Gasteiger partial charge < -0.3 is 11.1 Å². The van der Waals surface area contributed by atoms with Crippen molar-refractivity contribution in [2.45, 2.75) is 31.9 Å². The van der Waals surface area contributed by atoms with Crippen molar-refractivity contribution in [1.29, 1.82) is 0 Å². The molecule has 1 fully saturated rings. The molecule has 1 aromatic rings. The van der Waals surface area contributed by atoms with Gasteiger partial charge in [-0.2, -0.15) is 13.2 Å². The van der Waals surface area contributed by atoms with Crippen LogP contribution in [0, 0.1) is 11.8 Å². The monoisotopic (exact) mass is 300 g/mol. The van der Waals surface area contributed by atoms with Gasteiger partial charge in [0.1, 0.15) is 0 Å². The topological polar surface area (TPSA) is 55.1 Å². The fraction of sp³-hybridized carbons (Fsp3) is 0.533. The van der Waals surface area contributed by atoms with Crippen LogP contribution in [0.1, 0.15) is 31.2 Å². The van der Waals surface area contributed by atoms with Crippen LogP contribution in [0.3, 0.4) is 0 Å². The Bertz CT molecular complexity index is 485. The third-order valence-corrected chi connectivity index (χ3v) is 4.03. The van der Waals surface area contributed by atoms with Crippen LogP contribution in [0.15, 0.2) is 24.3 Å². The van der Waals surface area contributed by atoms with Crippen molar-refractivity contribution in [2.24, 2.45) is 17.6 Å². The summed E-state index contributed by atoms with van der Waals surface area (Å²) < 4.78 is 37.4. The lowest BCUT2D eigenvalue weighted by Crippen LogP contribution is -2.35. The molecule has 0 saturated heterocycles. The van der Waals surface area contributed by atoms with Gasteiger partial charge in [0, 0.05) is 11.6 Å². The Morgan fingerprint density at radius 3 is 2.38 bits per heavy atom. The van der Waals surface area contributed by atoms with Crippen LogP contribution in [-0.2, 0) is 11.0 Å². The van der Waals surface area contributed by atoms with Crippen molar-refractivity contribution in [3.63, 3.8) is 0 Å². The molecule has 6 heteroatoms. The molecule has 2 rings (SSSR count). The fourth-order valence-corrected chi connectivity index (χ4v) is 2.81. The number of hydrogen-bond donors (Lipinski definition) is 2. The summed E-state index contributed by atoms with van der Waals surface area (Å²) in [5.74, 6) is -0.135. The first-order valence-electron chi connectivity index (χ1n) is 7.10. The minimum Gasteiger partial charge on any atom is -0.330 e. The van der Waals surface area contributed by atoms with Gasteiger partial charge in [-0.05, 0) is 49.6 Å². The van der Waals surface area contributed by atoms with E-state index in [1.54, 1.807) is 0 Å². The van der Waals surface area contributed by atoms with E-state index in [-0.39, 0.29) is 17.7 Å². The lowest BCUT2D eigenvalue weighted by Gasteiger charge is -2.29. The van der Waals surface area contributed by atoms with Crippen LogP contribution in [0.4, 0.5) is 18.9 Å². The summed E-state index contributed by atoms with van der Waals surface area (Å²) in [5, 5.41) is 2.69. The number of halogens is 3. The molecule has 21 heavy (non-hydrogen) atoms. The maximum Gasteiger partial charge on any atom is 0.416 e. The zero-order chi connectivity index (χ0) is 15.5. The average Bonchev–Trinajstić information content (AvgIpc) is 2.46. The highest BCUT2D eigenvalue weighted by molar-refractivity contribution is 5.92. The minimum absolute atomic E-state index is 0.147. The Balaban J connectivity index is 2.02. The number of alkyl halides is 3. The van der Waals surface area contributed by atoms with Gasteiger partial charge in [0.15, 0.2) is 0 Å². The summed E-state index contributed by atoms with van der Waals surface area (Å²) in [6.45, 7) is 0.463. The largest absolute Gasteiger partial charge is 0.416 e. The average molecular weight is 300 g/mol. The van der Waals surface area contributed by atoms with E-state index >= 15 is 0 Å². The molecule has 0 heterocycles. The first-order chi connectivity index (χ1) is 9.91. The summed E-state index contributed by atoms with van der Waals surface area (Å²) in [6, 6.07) is 4.50. The normalized spacial score (nSPS) is 22.9. The highest BCUT2D eigenvalue weighted by Crippen LogP contribution is 2.32. The van der Waals surface area contributed by atoms with E-state index in [0.717, 1.165) is 37.8 Å². The van der Waals surface area contributed by atoms with Crippen molar-refractivity contribution >= 4 is 11.6 Å². The molecule has 0 spiro atoms. The fourth-order valence-electron chi connectivity index (χ4n) is 2.81. The predicted molar refractivity (Wildman–Crippen MR) is 74.6 cm³/mol. The standard InChI is InChI=1S/C15H19F3N2O/c16-15(17,18)11-5-7-12(8-6-11)20-14(21)13-4-2-1-3-10(13)9-19/h5-8,10,13H,1-4,9,19H2,(H,20,21). The molecule has 1 aliphatic carbocycles. The Morgan fingerprint density at radius 2 is 1.81 bits per heavy atom. The van der Waals surface area contributed by atoms with E-state index in [9.17, 15) is 18.0 Å². The van der Waals surface area contributed by atoms with Gasteiger partial charge >= 0.3 is 6.18 Å². The van der Waals surface area contributed by atoms with Gasteiger partial charge in [0.2, 0.25) is 5.91 Å². The number of carbonyl (C=O) groups excluding carboxylic acids is 1. The Hall–Kier alpha value is -1.56. The number of nitrogens with one attached hydrogen (secondary N) is 1. The maximum absolute atomic E-state index is 12.5. The molecule has 2 atom stereocenters. The first kappa shape index (κ1) is 15.8. The number of amides is 1. The molecule has 1 saturated carbocycles. The summed E-state index contributed by atoms with van der Waals surface area (Å²) in [6.07, 6.45) is -0.583. The second kappa shape index (κ2) is 6.47. The molecule has 1 aromatic carbocycles. The van der Waals surface area contributed by atoms with Crippen LogP contribution in [0.5, 0.6) is 0 Å². The maximum atomic E-state index is 12.5. The van der Waals surface area contributed by atoms with E-state index < -0.39 is 11.7 Å². The van der Waals surface area contributed by atoms with Gasteiger partial charge in [-0.3, -0.25) is 4.79 Å². The highest BCUT2D eigenvalue weighted by Gasteiger charge is 2.31. The van der Waals surface area contributed by atoms with Crippen molar-refractivity contribution in [1.82, 2.24) is 0 Å². The van der Waals surface area contributed by atoms with Crippen molar-refractivity contribution < 1.29 is 18.0 Å². The zero-order valence-corrected chi connectivity index (χ0v) is 11.6. The van der Waals surface area contributed by atoms with E-state index in [1.807, 2.05) is 0 Å². The number of benzene rings is 1.